The molecule has 4 aromatic carbocycles. The predicted octanol–water partition coefficient (Wildman–Crippen LogP) is 8.96. The van der Waals surface area contributed by atoms with Crippen molar-refractivity contribution in [3.8, 4) is 18.2 Å². The number of imide groups is 1. The van der Waals surface area contributed by atoms with Gasteiger partial charge in [0.15, 0.2) is 11.6 Å². The van der Waals surface area contributed by atoms with Crippen LogP contribution in [0.25, 0.3) is 0 Å². The molecule has 4 aliphatic rings. The molecule has 388 valence electrons. The summed E-state index contributed by atoms with van der Waals surface area (Å²) < 4.78 is 31.8. The number of halogens is 2. The molecule has 0 aromatic heterocycles. The Morgan fingerprint density at radius 2 is 1.08 bits per heavy atom. The van der Waals surface area contributed by atoms with Crippen LogP contribution in [0.1, 0.15) is 122 Å². The van der Waals surface area contributed by atoms with Crippen LogP contribution in [-0.4, -0.2) is 81.0 Å². The van der Waals surface area contributed by atoms with E-state index in [9.17, 15) is 34.2 Å². The van der Waals surface area contributed by atoms with E-state index in [1.54, 1.807) is 0 Å². The smallest absolute Gasteiger partial charge is 0.418 e. The van der Waals surface area contributed by atoms with Gasteiger partial charge in [0.05, 0.1) is 34.5 Å². The average Bonchev–Trinajstić information content (AvgIpc) is 3.82. The SMILES string of the molecule is Cc1ccc(C2(C#N)CCC(NCCN)CC2)cc1.Cc1ccc(C2(C#N)CCC(NCCNC(=O)N3C(=O)OCC3c3ccc(F)c(F)c3)CC2)cc1.Cc1ccccc1C1(C#N)CCC(NCCN)CC1. The molecule has 4 fully saturated rings. The number of nitrogens with zero attached hydrogens (tertiary/aromatic N) is 4. The van der Waals surface area contributed by atoms with Crippen LogP contribution in [0.4, 0.5) is 18.4 Å². The normalized spacial score (nSPS) is 25.5. The van der Waals surface area contributed by atoms with Gasteiger partial charge in [-0.1, -0.05) is 90.0 Å². The number of amides is 3. The zero-order valence-corrected chi connectivity index (χ0v) is 42.8. The number of urea groups is 1. The lowest BCUT2D eigenvalue weighted by Gasteiger charge is -2.36. The Hall–Kier alpha value is -6.25. The van der Waals surface area contributed by atoms with Crippen molar-refractivity contribution in [3.63, 3.8) is 0 Å². The zero-order valence-electron chi connectivity index (χ0n) is 42.8. The Morgan fingerprint density at radius 1 is 0.630 bits per heavy atom. The highest BCUT2D eigenvalue weighted by molar-refractivity contribution is 5.92. The third kappa shape index (κ3) is 14.3. The Morgan fingerprint density at radius 3 is 1.52 bits per heavy atom. The summed E-state index contributed by atoms with van der Waals surface area (Å²) in [7, 11) is 0. The molecule has 0 bridgehead atoms. The molecule has 8 N–H and O–H groups in total. The van der Waals surface area contributed by atoms with Crippen molar-refractivity contribution in [1.29, 1.82) is 15.8 Å². The fraction of sp³-hybridized carbons (Fsp3) is 0.500. The highest BCUT2D eigenvalue weighted by Gasteiger charge is 2.41. The number of benzene rings is 4. The highest BCUT2D eigenvalue weighted by Crippen LogP contribution is 2.42. The number of hydrogen-bond donors (Lipinski definition) is 6. The van der Waals surface area contributed by atoms with Gasteiger partial charge in [-0.2, -0.15) is 15.8 Å². The van der Waals surface area contributed by atoms with Crippen molar-refractivity contribution in [3.05, 3.63) is 142 Å². The van der Waals surface area contributed by atoms with Crippen LogP contribution in [-0.2, 0) is 21.0 Å². The monoisotopic (exact) mass is 997 g/mol. The van der Waals surface area contributed by atoms with Gasteiger partial charge in [-0.05, 0) is 138 Å². The van der Waals surface area contributed by atoms with E-state index in [4.69, 9.17) is 16.2 Å². The number of aryl methyl sites for hydroxylation is 3. The fourth-order valence-corrected chi connectivity index (χ4v) is 10.9. The largest absolute Gasteiger partial charge is 0.446 e. The van der Waals surface area contributed by atoms with Crippen LogP contribution in [0, 0.1) is 66.4 Å². The van der Waals surface area contributed by atoms with E-state index < -0.39 is 35.2 Å². The van der Waals surface area contributed by atoms with Crippen molar-refractivity contribution in [2.45, 2.75) is 138 Å². The maximum atomic E-state index is 13.6. The number of nitriles is 3. The summed E-state index contributed by atoms with van der Waals surface area (Å²) in [6, 6.07) is 35.6. The molecule has 0 radical (unpaired) electrons. The summed E-state index contributed by atoms with van der Waals surface area (Å²) >= 11 is 0. The first-order valence-electron chi connectivity index (χ1n) is 26.0. The second-order valence-electron chi connectivity index (χ2n) is 20.3. The molecule has 1 unspecified atom stereocenters. The first kappa shape index (κ1) is 56.1. The molecule has 15 heteroatoms. The number of cyclic esters (lactones) is 1. The Bertz CT molecular complexity index is 2550. The van der Waals surface area contributed by atoms with Crippen molar-refractivity contribution >= 4 is 12.1 Å². The first-order chi connectivity index (χ1) is 35.2. The lowest BCUT2D eigenvalue weighted by Crippen LogP contribution is -2.46. The molecule has 1 saturated heterocycles. The van der Waals surface area contributed by atoms with Crippen LogP contribution in [0.2, 0.25) is 0 Å². The third-order valence-corrected chi connectivity index (χ3v) is 15.4. The van der Waals surface area contributed by atoms with Gasteiger partial charge in [0.1, 0.15) is 12.6 Å². The topological polar surface area (TPSA) is 218 Å². The standard InChI is InChI=1S/C26H28F2N4O3.2C16H23N3/c1-17-2-5-19(6-3-17)26(16-29)10-8-20(9-11-26)30-12-13-31-24(33)32-23(15-35-25(32)34)18-4-7-21(27)22(28)14-18;1-13-2-4-14(5-3-13)16(12-18)8-6-15(7-9-16)19-11-10-17;1-13-4-2-3-5-15(13)16(12-18)8-6-14(7-9-16)19-11-10-17/h2-7,14,20,23,30H,8-13,15H2,1H3,(H,31,33);2-5,15,19H,6-11,17H2,1H3;2-5,14,19H,6-11,17H2,1H3. The molecule has 3 aliphatic carbocycles. The lowest BCUT2D eigenvalue weighted by molar-refractivity contribution is 0.158. The van der Waals surface area contributed by atoms with Crippen molar-refractivity contribution in [2.75, 3.05) is 45.9 Å². The number of nitrogens with one attached hydrogen (secondary N) is 4. The number of carbonyl (C=O) groups excluding carboxylic acids is 2. The van der Waals surface area contributed by atoms with Gasteiger partial charge < -0.3 is 37.5 Å². The summed E-state index contributed by atoms with van der Waals surface area (Å²) in [5.41, 5.74) is 17.4. The fourth-order valence-electron chi connectivity index (χ4n) is 10.9. The van der Waals surface area contributed by atoms with Gasteiger partial charge in [-0.15, -0.1) is 0 Å². The minimum absolute atomic E-state index is 0.126. The molecule has 13 nitrogen and oxygen atoms in total. The van der Waals surface area contributed by atoms with Crippen molar-refractivity contribution in [2.24, 2.45) is 11.5 Å². The second kappa shape index (κ2) is 26.6. The highest BCUT2D eigenvalue weighted by atomic mass is 19.2. The Balaban J connectivity index is 0.000000194. The number of carbonyl (C=O) groups is 2. The molecule has 8 rings (SSSR count). The van der Waals surface area contributed by atoms with Gasteiger partial charge in [0, 0.05) is 57.4 Å². The molecular weight excluding hydrogens is 923 g/mol. The molecular formula is C58H74F2N10O3. The van der Waals surface area contributed by atoms with Crippen LogP contribution >= 0.6 is 0 Å². The second-order valence-corrected chi connectivity index (χ2v) is 20.3. The van der Waals surface area contributed by atoms with Crippen molar-refractivity contribution < 1.29 is 23.1 Å². The molecule has 3 saturated carbocycles. The molecule has 3 amide bonds. The van der Waals surface area contributed by atoms with Gasteiger partial charge in [0.25, 0.3) is 0 Å². The number of nitrogens with two attached hydrogens (primary N) is 2. The maximum absolute atomic E-state index is 13.6. The van der Waals surface area contributed by atoms with Crippen LogP contribution in [0.15, 0.2) is 91.0 Å². The lowest BCUT2D eigenvalue weighted by atomic mass is 9.68. The Kier molecular flexibility index (Phi) is 20.4. The molecule has 73 heavy (non-hydrogen) atoms. The van der Waals surface area contributed by atoms with E-state index >= 15 is 0 Å². The van der Waals surface area contributed by atoms with E-state index in [-0.39, 0.29) is 35.6 Å². The molecule has 1 aliphatic heterocycles. The number of hydrogen-bond acceptors (Lipinski definition) is 11. The molecule has 1 heterocycles. The molecule has 1 atom stereocenters. The van der Waals surface area contributed by atoms with E-state index in [0.29, 0.717) is 31.7 Å². The molecule has 0 spiro atoms. The predicted molar refractivity (Wildman–Crippen MR) is 280 cm³/mol. The third-order valence-electron chi connectivity index (χ3n) is 15.4. The first-order valence-corrected chi connectivity index (χ1v) is 26.0. The van der Waals surface area contributed by atoms with Crippen LogP contribution in [0.3, 0.4) is 0 Å². The number of ether oxygens (including phenoxy) is 1. The van der Waals surface area contributed by atoms with Gasteiger partial charge in [0.2, 0.25) is 0 Å². The maximum Gasteiger partial charge on any atom is 0.418 e. The van der Waals surface area contributed by atoms with E-state index in [0.717, 1.165) is 118 Å². The summed E-state index contributed by atoms with van der Waals surface area (Å²) in [5.74, 6) is -2.06. The minimum atomic E-state index is -1.05. The van der Waals surface area contributed by atoms with E-state index in [2.05, 4.69) is 89.7 Å². The quantitative estimate of drug-likeness (QED) is 0.0655. The van der Waals surface area contributed by atoms with Crippen LogP contribution in [0.5, 0.6) is 0 Å². The van der Waals surface area contributed by atoms with Crippen molar-refractivity contribution in [1.82, 2.24) is 26.2 Å². The zero-order chi connectivity index (χ0) is 52.4. The van der Waals surface area contributed by atoms with Gasteiger partial charge in [-0.25, -0.2) is 23.3 Å². The average molecular weight is 997 g/mol. The molecule has 4 aromatic rings. The number of rotatable bonds is 14. The van der Waals surface area contributed by atoms with E-state index in [1.807, 2.05) is 43.3 Å². The summed E-state index contributed by atoms with van der Waals surface area (Å²) in [6.45, 7) is 9.93. The Labute approximate surface area is 431 Å². The van der Waals surface area contributed by atoms with Gasteiger partial charge >= 0.3 is 12.1 Å². The van der Waals surface area contributed by atoms with Gasteiger partial charge in [-0.3, -0.25) is 0 Å². The summed E-state index contributed by atoms with van der Waals surface area (Å²) in [6.07, 6.45) is 10.3. The minimum Gasteiger partial charge on any atom is -0.446 e. The summed E-state index contributed by atoms with van der Waals surface area (Å²) in [4.78, 5) is 25.6. The summed E-state index contributed by atoms with van der Waals surface area (Å²) in [5, 5.41) is 42.2. The van der Waals surface area contributed by atoms with Crippen LogP contribution < -0.4 is 32.7 Å². The van der Waals surface area contributed by atoms with E-state index in [1.165, 1.54) is 28.3 Å².